The van der Waals surface area contributed by atoms with E-state index in [9.17, 15) is 4.79 Å². The van der Waals surface area contributed by atoms with Gasteiger partial charge in [-0.25, -0.2) is 0 Å². The molecule has 0 saturated heterocycles. The molecular formula is C23H20N4O3S. The average Bonchev–Trinajstić information content (AvgIpc) is 3.46. The Morgan fingerprint density at radius 3 is 2.84 bits per heavy atom. The zero-order valence-corrected chi connectivity index (χ0v) is 18.0. The maximum Gasteiger partial charge on any atom is 0.237 e. The molecule has 156 valence electrons. The Kier molecular flexibility index (Phi) is 4.11. The number of thioether (sulfide) groups is 1. The van der Waals surface area contributed by atoms with Gasteiger partial charge >= 0.3 is 0 Å². The third-order valence-corrected chi connectivity index (χ3v) is 6.84. The minimum absolute atomic E-state index is 0.0776. The van der Waals surface area contributed by atoms with Crippen LogP contribution in [0.5, 0.6) is 11.5 Å². The predicted molar refractivity (Wildman–Crippen MR) is 119 cm³/mol. The second kappa shape index (κ2) is 6.88. The number of pyridine rings is 1. The van der Waals surface area contributed by atoms with Crippen molar-refractivity contribution < 1.29 is 14.3 Å². The first kappa shape index (κ1) is 18.5. The Morgan fingerprint density at radius 2 is 1.97 bits per heavy atom. The van der Waals surface area contributed by atoms with Gasteiger partial charge in [-0.2, -0.15) is 0 Å². The van der Waals surface area contributed by atoms with Gasteiger partial charge in [0, 0.05) is 23.2 Å². The molecular weight excluding hydrogens is 412 g/mol. The Labute approximate surface area is 183 Å². The van der Waals surface area contributed by atoms with Crippen molar-refractivity contribution in [2.75, 3.05) is 17.4 Å². The van der Waals surface area contributed by atoms with Gasteiger partial charge in [0.2, 0.25) is 12.7 Å². The molecule has 1 atom stereocenters. The Hall–Kier alpha value is -3.26. The Bertz CT molecular complexity index is 1370. The fourth-order valence-electron chi connectivity index (χ4n) is 4.53. The molecule has 0 fully saturated rings. The van der Waals surface area contributed by atoms with Gasteiger partial charge in [0.25, 0.3) is 0 Å². The van der Waals surface area contributed by atoms with Crippen molar-refractivity contribution in [3.8, 4) is 11.5 Å². The lowest BCUT2D eigenvalue weighted by Gasteiger charge is -2.22. The molecule has 2 aromatic carbocycles. The highest BCUT2D eigenvalue weighted by Crippen LogP contribution is 2.38. The summed E-state index contributed by atoms with van der Waals surface area (Å²) < 4.78 is 13.1. The van der Waals surface area contributed by atoms with E-state index in [1.807, 2.05) is 46.6 Å². The van der Waals surface area contributed by atoms with Crippen molar-refractivity contribution in [1.29, 1.82) is 0 Å². The zero-order valence-electron chi connectivity index (χ0n) is 17.2. The molecule has 4 heterocycles. The van der Waals surface area contributed by atoms with Crippen LogP contribution in [0.25, 0.3) is 16.6 Å². The van der Waals surface area contributed by atoms with Crippen LogP contribution in [0.15, 0.2) is 47.6 Å². The minimum Gasteiger partial charge on any atom is -0.454 e. The van der Waals surface area contributed by atoms with E-state index in [4.69, 9.17) is 9.47 Å². The summed E-state index contributed by atoms with van der Waals surface area (Å²) in [4.78, 5) is 15.1. The summed E-state index contributed by atoms with van der Waals surface area (Å²) in [5, 5.41) is 10.5. The third-order valence-electron chi connectivity index (χ3n) is 5.92. The number of fused-ring (bicyclic) bond motifs is 5. The van der Waals surface area contributed by atoms with Gasteiger partial charge in [-0.05, 0) is 49.6 Å². The van der Waals surface area contributed by atoms with Crippen LogP contribution in [0.4, 0.5) is 5.69 Å². The second-order valence-corrected chi connectivity index (χ2v) is 8.91. The first-order valence-corrected chi connectivity index (χ1v) is 11.2. The van der Waals surface area contributed by atoms with Crippen LogP contribution in [0.2, 0.25) is 0 Å². The third kappa shape index (κ3) is 2.85. The topological polar surface area (TPSA) is 69.0 Å². The fourth-order valence-corrected chi connectivity index (χ4v) is 5.34. The molecule has 0 saturated carbocycles. The molecule has 31 heavy (non-hydrogen) atoms. The Morgan fingerprint density at radius 1 is 1.16 bits per heavy atom. The summed E-state index contributed by atoms with van der Waals surface area (Å²) in [7, 11) is 0. The smallest absolute Gasteiger partial charge is 0.237 e. The van der Waals surface area contributed by atoms with Crippen LogP contribution in [-0.2, 0) is 11.2 Å². The van der Waals surface area contributed by atoms with E-state index in [2.05, 4.69) is 29.3 Å². The molecule has 2 aliphatic heterocycles. The molecule has 0 radical (unpaired) electrons. The summed E-state index contributed by atoms with van der Waals surface area (Å²) in [5.41, 5.74) is 4.96. The quantitative estimate of drug-likeness (QED) is 0.456. The van der Waals surface area contributed by atoms with Crippen molar-refractivity contribution in [2.45, 2.75) is 31.5 Å². The lowest BCUT2D eigenvalue weighted by atomic mass is 10.1. The molecule has 2 aromatic heterocycles. The fraction of sp³-hybridized carbons (Fsp3) is 0.261. The number of aromatic nitrogens is 3. The highest BCUT2D eigenvalue weighted by molar-refractivity contribution is 7.99. The summed E-state index contributed by atoms with van der Waals surface area (Å²) in [6.45, 7) is 4.33. The Balaban J connectivity index is 1.35. The monoisotopic (exact) mass is 432 g/mol. The van der Waals surface area contributed by atoms with E-state index in [-0.39, 0.29) is 18.7 Å². The number of anilines is 1. The van der Waals surface area contributed by atoms with Gasteiger partial charge in [0.1, 0.15) is 0 Å². The number of rotatable bonds is 3. The summed E-state index contributed by atoms with van der Waals surface area (Å²) in [6, 6.07) is 14.3. The number of aryl methyl sites for hydroxylation is 1. The standard InChI is InChI=1S/C23H20N4O3S/c1-13-7-16-9-19-20(30-12-29-19)10-18(16)27-22(13)24-25-23(27)31-11-21(28)26-14(2)8-15-5-3-4-6-17(15)26/h3-7,9-10,14H,8,11-12H2,1-2H3/t14-/m1/s1. The van der Waals surface area contributed by atoms with Crippen LogP contribution in [0.3, 0.4) is 0 Å². The molecule has 0 bridgehead atoms. The van der Waals surface area contributed by atoms with Crippen LogP contribution < -0.4 is 14.4 Å². The predicted octanol–water partition coefficient (Wildman–Crippen LogP) is 3.99. The van der Waals surface area contributed by atoms with Gasteiger partial charge in [-0.1, -0.05) is 30.0 Å². The normalized spacial score (nSPS) is 17.0. The minimum atomic E-state index is 0.0776. The first-order chi connectivity index (χ1) is 15.1. The van der Waals surface area contributed by atoms with E-state index < -0.39 is 0 Å². The zero-order chi connectivity index (χ0) is 21.1. The van der Waals surface area contributed by atoms with Gasteiger partial charge in [0.05, 0.1) is 11.3 Å². The van der Waals surface area contributed by atoms with Crippen molar-refractivity contribution in [1.82, 2.24) is 14.6 Å². The summed E-state index contributed by atoms with van der Waals surface area (Å²) in [5.74, 6) is 1.82. The summed E-state index contributed by atoms with van der Waals surface area (Å²) in [6.07, 6.45) is 0.886. The molecule has 0 spiro atoms. The lowest BCUT2D eigenvalue weighted by Crippen LogP contribution is -2.37. The van der Waals surface area contributed by atoms with E-state index in [0.29, 0.717) is 16.7 Å². The molecule has 1 amide bonds. The molecule has 0 unspecified atom stereocenters. The largest absolute Gasteiger partial charge is 0.454 e. The number of para-hydroxylation sites is 1. The molecule has 7 nitrogen and oxygen atoms in total. The van der Waals surface area contributed by atoms with Gasteiger partial charge < -0.3 is 14.4 Å². The lowest BCUT2D eigenvalue weighted by molar-refractivity contribution is -0.116. The molecule has 6 rings (SSSR count). The van der Waals surface area contributed by atoms with Crippen LogP contribution >= 0.6 is 11.8 Å². The van der Waals surface area contributed by atoms with E-state index >= 15 is 0 Å². The van der Waals surface area contributed by atoms with Gasteiger partial charge in [-0.15, -0.1) is 10.2 Å². The number of carbonyl (C=O) groups excluding carboxylic acids is 1. The molecule has 0 aliphatic carbocycles. The summed E-state index contributed by atoms with van der Waals surface area (Å²) >= 11 is 1.41. The number of amides is 1. The van der Waals surface area contributed by atoms with Gasteiger partial charge in [0.15, 0.2) is 22.3 Å². The number of hydrogen-bond donors (Lipinski definition) is 0. The number of nitrogens with zero attached hydrogens (tertiary/aromatic N) is 4. The number of hydrogen-bond acceptors (Lipinski definition) is 6. The number of ether oxygens (including phenoxy) is 2. The highest BCUT2D eigenvalue weighted by atomic mass is 32.2. The van der Waals surface area contributed by atoms with Crippen LogP contribution in [0.1, 0.15) is 18.1 Å². The SMILES string of the molecule is Cc1cc2cc3c(cc2n2c(SCC(=O)N4c5ccccc5C[C@H]4C)nnc12)OCO3. The molecule has 8 heteroatoms. The van der Waals surface area contributed by atoms with Crippen LogP contribution in [0, 0.1) is 6.92 Å². The second-order valence-electron chi connectivity index (χ2n) is 7.97. The maximum atomic E-state index is 13.1. The molecule has 2 aliphatic rings. The number of benzene rings is 2. The van der Waals surface area contributed by atoms with Crippen molar-refractivity contribution in [2.24, 2.45) is 0 Å². The molecule has 0 N–H and O–H groups in total. The number of carbonyl (C=O) groups is 1. The average molecular weight is 433 g/mol. The van der Waals surface area contributed by atoms with Crippen molar-refractivity contribution >= 4 is 39.9 Å². The van der Waals surface area contributed by atoms with E-state index in [1.165, 1.54) is 17.3 Å². The van der Waals surface area contributed by atoms with Crippen molar-refractivity contribution in [3.63, 3.8) is 0 Å². The van der Waals surface area contributed by atoms with E-state index in [1.54, 1.807) is 0 Å². The van der Waals surface area contributed by atoms with E-state index in [0.717, 1.165) is 40.0 Å². The van der Waals surface area contributed by atoms with Crippen LogP contribution in [-0.4, -0.2) is 39.1 Å². The first-order valence-electron chi connectivity index (χ1n) is 10.2. The molecule has 4 aromatic rings. The van der Waals surface area contributed by atoms with Gasteiger partial charge in [-0.3, -0.25) is 9.20 Å². The van der Waals surface area contributed by atoms with Crippen molar-refractivity contribution in [3.05, 3.63) is 53.6 Å². The maximum absolute atomic E-state index is 13.1. The highest BCUT2D eigenvalue weighted by Gasteiger charge is 2.30.